The van der Waals surface area contributed by atoms with Gasteiger partial charge in [-0.3, -0.25) is 0 Å². The number of hydrogen-bond acceptors (Lipinski definition) is 4. The van der Waals surface area contributed by atoms with Crippen LogP contribution < -0.4 is 10.1 Å². The lowest BCUT2D eigenvalue weighted by atomic mass is 10.1. The molecule has 0 saturated carbocycles. The second-order valence-electron chi connectivity index (χ2n) is 3.98. The van der Waals surface area contributed by atoms with Crippen LogP contribution in [0.2, 0.25) is 5.02 Å². The van der Waals surface area contributed by atoms with Crippen molar-refractivity contribution in [3.05, 3.63) is 32.3 Å². The predicted octanol–water partition coefficient (Wildman–Crippen LogP) is 3.73. The summed E-state index contributed by atoms with van der Waals surface area (Å²) in [6.07, 6.45) is 1.52. The second kappa shape index (κ2) is 4.54. The van der Waals surface area contributed by atoms with Crippen molar-refractivity contribution in [2.45, 2.75) is 0 Å². The normalized spacial score (nSPS) is 16.8. The Morgan fingerprint density at radius 2 is 2.26 bits per heavy atom. The van der Waals surface area contributed by atoms with Gasteiger partial charge in [0.1, 0.15) is 12.5 Å². The molecule has 2 aliphatic rings. The molecule has 2 aliphatic heterocycles. The Bertz CT molecular complexity index is 648. The second-order valence-corrected chi connectivity index (χ2v) is 5.53. The lowest BCUT2D eigenvalue weighted by Gasteiger charge is -2.24. The third kappa shape index (κ3) is 1.89. The molecule has 0 fully saturated rings. The summed E-state index contributed by atoms with van der Waals surface area (Å²) < 4.78 is 19.8. The van der Waals surface area contributed by atoms with Crippen LogP contribution in [0.5, 0.6) is 5.75 Å². The quantitative estimate of drug-likeness (QED) is 0.711. The van der Waals surface area contributed by atoms with Crippen molar-refractivity contribution in [3.8, 4) is 5.75 Å². The molecule has 0 bridgehead atoms. The maximum Gasteiger partial charge on any atom is 0.210 e. The van der Waals surface area contributed by atoms with Crippen molar-refractivity contribution in [2.75, 3.05) is 19.0 Å². The van der Waals surface area contributed by atoms with Gasteiger partial charge in [0.15, 0.2) is 11.6 Å². The van der Waals surface area contributed by atoms with Crippen molar-refractivity contribution >= 4 is 50.7 Å². The van der Waals surface area contributed by atoms with Crippen molar-refractivity contribution in [1.82, 2.24) is 4.90 Å². The van der Waals surface area contributed by atoms with Gasteiger partial charge >= 0.3 is 0 Å². The highest BCUT2D eigenvalue weighted by Gasteiger charge is 2.32. The highest BCUT2D eigenvalue weighted by molar-refractivity contribution is 9.10. The molecule has 0 atom stereocenters. The summed E-state index contributed by atoms with van der Waals surface area (Å²) in [5.74, 6) is -0.0578. The molecule has 3 rings (SSSR count). The zero-order valence-corrected chi connectivity index (χ0v) is 12.7. The molecule has 0 unspecified atom stereocenters. The summed E-state index contributed by atoms with van der Waals surface area (Å²) in [7, 11) is 1.75. The maximum atomic E-state index is 14.3. The first kappa shape index (κ1) is 13.0. The molecule has 19 heavy (non-hydrogen) atoms. The molecule has 4 nitrogen and oxygen atoms in total. The van der Waals surface area contributed by atoms with Gasteiger partial charge in [-0.2, -0.15) is 0 Å². The minimum absolute atomic E-state index is 0.00262. The van der Waals surface area contributed by atoms with Gasteiger partial charge in [0.25, 0.3) is 0 Å². The Balaban J connectivity index is 2.39. The number of hydrogen-bond donors (Lipinski definition) is 1. The summed E-state index contributed by atoms with van der Waals surface area (Å²) in [5, 5.41) is 3.31. The van der Waals surface area contributed by atoms with Crippen LogP contribution in [0.1, 0.15) is 5.56 Å². The first-order chi connectivity index (χ1) is 9.00. The summed E-state index contributed by atoms with van der Waals surface area (Å²) in [6, 6.07) is 0. The highest BCUT2D eigenvalue weighted by atomic mass is 79.9. The fourth-order valence-corrected chi connectivity index (χ4v) is 2.86. The van der Waals surface area contributed by atoms with Gasteiger partial charge in [0.2, 0.25) is 5.22 Å². The summed E-state index contributed by atoms with van der Waals surface area (Å²) in [4.78, 5) is 5.97. The smallest absolute Gasteiger partial charge is 0.210 e. The molecule has 0 aliphatic carbocycles. The lowest BCUT2D eigenvalue weighted by molar-refractivity contribution is 0.421. The summed E-state index contributed by atoms with van der Waals surface area (Å²) >= 11 is 15.2. The van der Waals surface area contributed by atoms with E-state index in [-0.39, 0.29) is 20.5 Å². The minimum Gasteiger partial charge on any atom is -0.440 e. The van der Waals surface area contributed by atoms with Crippen LogP contribution in [-0.2, 0) is 0 Å². The van der Waals surface area contributed by atoms with Crippen molar-refractivity contribution in [2.24, 2.45) is 4.99 Å². The zero-order chi connectivity index (χ0) is 13.7. The van der Waals surface area contributed by atoms with E-state index in [0.29, 0.717) is 23.8 Å². The topological polar surface area (TPSA) is 36.9 Å². The molecule has 1 aromatic rings. The summed E-state index contributed by atoms with van der Waals surface area (Å²) in [5.41, 5.74) is 1.04. The van der Waals surface area contributed by atoms with E-state index in [1.165, 1.54) is 6.20 Å². The molecular formula is C11H7BrCl2FN3O. The number of ether oxygens (including phenoxy) is 1. The molecule has 1 aromatic carbocycles. The van der Waals surface area contributed by atoms with Crippen LogP contribution in [-0.4, -0.2) is 24.5 Å². The minimum atomic E-state index is -0.609. The average Bonchev–Trinajstić information content (AvgIpc) is 2.52. The molecule has 8 heteroatoms. The maximum absolute atomic E-state index is 14.3. The van der Waals surface area contributed by atoms with E-state index in [9.17, 15) is 4.39 Å². The third-order valence-corrected chi connectivity index (χ3v) is 4.34. The SMILES string of the molecule is CN1C=C(Cl)Oc2c(F)c(Br)c(Cl)c3c2C1=NCN3. The molecule has 1 N–H and O–H groups in total. The Labute approximate surface area is 127 Å². The van der Waals surface area contributed by atoms with E-state index in [1.807, 2.05) is 0 Å². The fraction of sp³-hybridized carbons (Fsp3) is 0.182. The van der Waals surface area contributed by atoms with E-state index in [4.69, 9.17) is 27.9 Å². The molecule has 0 amide bonds. The van der Waals surface area contributed by atoms with Gasteiger partial charge in [-0.05, 0) is 27.5 Å². The van der Waals surface area contributed by atoms with Crippen molar-refractivity contribution < 1.29 is 9.13 Å². The number of nitrogens with one attached hydrogen (secondary N) is 1. The number of anilines is 1. The van der Waals surface area contributed by atoms with Gasteiger partial charge in [0, 0.05) is 7.05 Å². The van der Waals surface area contributed by atoms with Crippen LogP contribution in [0.25, 0.3) is 0 Å². The van der Waals surface area contributed by atoms with Crippen LogP contribution in [0.4, 0.5) is 10.1 Å². The Morgan fingerprint density at radius 3 is 3.00 bits per heavy atom. The fourth-order valence-electron chi connectivity index (χ4n) is 2.01. The number of rotatable bonds is 0. The van der Waals surface area contributed by atoms with Crippen LogP contribution in [0.3, 0.4) is 0 Å². The van der Waals surface area contributed by atoms with Gasteiger partial charge in [0.05, 0.1) is 26.9 Å². The number of halogens is 4. The molecule has 2 heterocycles. The largest absolute Gasteiger partial charge is 0.440 e. The molecule has 0 radical (unpaired) electrons. The number of aliphatic imine (C=N–C) groups is 1. The number of benzene rings is 1. The molecular weight excluding hydrogens is 360 g/mol. The molecule has 100 valence electrons. The van der Waals surface area contributed by atoms with Gasteiger partial charge in [-0.25, -0.2) is 9.38 Å². The van der Waals surface area contributed by atoms with Crippen LogP contribution >= 0.6 is 39.1 Å². The average molecular weight is 367 g/mol. The van der Waals surface area contributed by atoms with E-state index in [2.05, 4.69) is 26.2 Å². The molecule has 0 saturated heterocycles. The first-order valence-electron chi connectivity index (χ1n) is 5.28. The van der Waals surface area contributed by atoms with Crippen molar-refractivity contribution in [1.29, 1.82) is 0 Å². The molecule has 0 aromatic heterocycles. The predicted molar refractivity (Wildman–Crippen MR) is 76.5 cm³/mol. The van der Waals surface area contributed by atoms with E-state index in [1.54, 1.807) is 11.9 Å². The number of nitrogens with zero attached hydrogens (tertiary/aromatic N) is 2. The molecule has 0 spiro atoms. The standard InChI is InChI=1S/C11H7BrCl2FN3O/c1-18-2-4(13)19-10-5-9(16-3-17-11(5)18)7(14)6(12)8(10)15/h2,16H,3H2,1H3. The lowest BCUT2D eigenvalue weighted by Crippen LogP contribution is -2.27. The first-order valence-corrected chi connectivity index (χ1v) is 6.82. The van der Waals surface area contributed by atoms with Crippen LogP contribution in [0.15, 0.2) is 20.9 Å². The van der Waals surface area contributed by atoms with E-state index in [0.717, 1.165) is 0 Å². The Morgan fingerprint density at radius 1 is 1.53 bits per heavy atom. The summed E-state index contributed by atoms with van der Waals surface area (Å²) in [6.45, 7) is 0.343. The Hall–Kier alpha value is -0.980. The Kier molecular flexibility index (Phi) is 3.11. The van der Waals surface area contributed by atoms with Crippen LogP contribution in [0, 0.1) is 5.82 Å². The number of amidine groups is 1. The zero-order valence-electron chi connectivity index (χ0n) is 9.60. The van der Waals surface area contributed by atoms with E-state index >= 15 is 0 Å². The van der Waals surface area contributed by atoms with Crippen molar-refractivity contribution in [3.63, 3.8) is 0 Å². The van der Waals surface area contributed by atoms with Gasteiger partial charge in [-0.15, -0.1) is 0 Å². The van der Waals surface area contributed by atoms with E-state index < -0.39 is 5.82 Å². The van der Waals surface area contributed by atoms with Gasteiger partial charge < -0.3 is 15.0 Å². The third-order valence-electron chi connectivity index (χ3n) is 2.82. The highest BCUT2D eigenvalue weighted by Crippen LogP contribution is 2.45. The monoisotopic (exact) mass is 365 g/mol. The van der Waals surface area contributed by atoms with Gasteiger partial charge in [-0.1, -0.05) is 11.6 Å².